The van der Waals surface area contributed by atoms with Crippen molar-refractivity contribution in [2.75, 3.05) is 0 Å². The van der Waals surface area contributed by atoms with E-state index in [1.165, 1.54) is 0 Å². The average molecular weight is 450 g/mol. The molecule has 0 amide bonds. The van der Waals surface area contributed by atoms with Gasteiger partial charge in [0.2, 0.25) is 0 Å². The smallest absolute Gasteiger partial charge is 0.200 e. The van der Waals surface area contributed by atoms with Crippen molar-refractivity contribution in [3.8, 4) is 0 Å². The van der Waals surface area contributed by atoms with Gasteiger partial charge in [-0.15, -0.1) is 0 Å². The van der Waals surface area contributed by atoms with Gasteiger partial charge in [0.1, 0.15) is 0 Å². The summed E-state index contributed by atoms with van der Waals surface area (Å²) in [5.41, 5.74) is 0. The zero-order valence-corrected chi connectivity index (χ0v) is 13.9. The lowest BCUT2D eigenvalue weighted by Crippen LogP contribution is -2.51. The zero-order chi connectivity index (χ0) is 22.7. The van der Waals surface area contributed by atoms with Crippen LogP contribution in [-0.4, -0.2) is 36.0 Å². The van der Waals surface area contributed by atoms with E-state index in [-0.39, 0.29) is 25.7 Å². The van der Waals surface area contributed by atoms with Gasteiger partial charge in [-0.05, 0) is 12.8 Å². The number of hydrogen-bond acceptors (Lipinski definition) is 0. The average Bonchev–Trinajstić information content (AvgIpc) is 2.47. The molecule has 0 bridgehead atoms. The van der Waals surface area contributed by atoms with Crippen LogP contribution < -0.4 is 0 Å². The first kappa shape index (κ1) is 27.0. The van der Waals surface area contributed by atoms with Crippen molar-refractivity contribution < 1.29 is 61.5 Å². The highest BCUT2D eigenvalue weighted by atomic mass is 19.4. The Labute approximate surface area is 150 Å². The maximum absolute atomic E-state index is 13.0. The van der Waals surface area contributed by atoms with Gasteiger partial charge in [0.15, 0.2) is 0 Å². The standard InChI is InChI=1S/C14H16F14/c15-9(16,11(19,20)13(23,24)25)7-5-3-1-2-4-6-8-10(17,18)12(21,22)14(26,27)28/h1-8H2. The third kappa shape index (κ3) is 6.26. The van der Waals surface area contributed by atoms with Crippen molar-refractivity contribution in [2.24, 2.45) is 0 Å². The van der Waals surface area contributed by atoms with Crippen molar-refractivity contribution in [1.82, 2.24) is 0 Å². The fraction of sp³-hybridized carbons (Fsp3) is 1.00. The Balaban J connectivity index is 4.22. The molecule has 0 heterocycles. The first-order valence-electron chi connectivity index (χ1n) is 7.85. The van der Waals surface area contributed by atoms with E-state index in [1.54, 1.807) is 0 Å². The third-order valence-corrected chi connectivity index (χ3v) is 3.86. The van der Waals surface area contributed by atoms with E-state index >= 15 is 0 Å². The molecule has 0 aliphatic heterocycles. The number of unbranched alkanes of at least 4 members (excludes halogenated alkanes) is 5. The molecule has 0 aromatic heterocycles. The second kappa shape index (κ2) is 8.80. The van der Waals surface area contributed by atoms with Crippen LogP contribution in [0.3, 0.4) is 0 Å². The summed E-state index contributed by atoms with van der Waals surface area (Å²) >= 11 is 0. The monoisotopic (exact) mass is 450 g/mol. The summed E-state index contributed by atoms with van der Waals surface area (Å²) in [4.78, 5) is 0. The van der Waals surface area contributed by atoms with Crippen LogP contribution in [0.4, 0.5) is 61.5 Å². The van der Waals surface area contributed by atoms with E-state index < -0.39 is 61.7 Å². The van der Waals surface area contributed by atoms with Crippen LogP contribution in [0.25, 0.3) is 0 Å². The van der Waals surface area contributed by atoms with Gasteiger partial charge in [0, 0.05) is 12.8 Å². The van der Waals surface area contributed by atoms with E-state index in [0.717, 1.165) is 0 Å². The van der Waals surface area contributed by atoms with Crippen LogP contribution in [0.15, 0.2) is 0 Å². The molecule has 0 N–H and O–H groups in total. The van der Waals surface area contributed by atoms with Gasteiger partial charge in [-0.3, -0.25) is 0 Å². The topological polar surface area (TPSA) is 0 Å². The van der Waals surface area contributed by atoms with Crippen molar-refractivity contribution in [2.45, 2.75) is 87.4 Å². The highest BCUT2D eigenvalue weighted by Crippen LogP contribution is 2.49. The molecule has 28 heavy (non-hydrogen) atoms. The molecule has 0 rings (SSSR count). The second-order valence-electron chi connectivity index (χ2n) is 6.17. The van der Waals surface area contributed by atoms with E-state index in [2.05, 4.69) is 0 Å². The third-order valence-electron chi connectivity index (χ3n) is 3.86. The van der Waals surface area contributed by atoms with E-state index in [0.29, 0.717) is 0 Å². The largest absolute Gasteiger partial charge is 0.459 e. The van der Waals surface area contributed by atoms with E-state index in [1.807, 2.05) is 0 Å². The van der Waals surface area contributed by atoms with Crippen LogP contribution in [0.5, 0.6) is 0 Å². The molecule has 0 aromatic carbocycles. The SMILES string of the molecule is FC(F)(F)C(F)(F)C(F)(F)CCCCCCCCC(F)(F)C(F)(F)C(F)(F)F. The molecule has 14 heteroatoms. The molecule has 0 saturated carbocycles. The fourth-order valence-corrected chi connectivity index (χ4v) is 2.13. The number of halogens is 14. The normalized spacial score (nSPS) is 15.2. The Kier molecular flexibility index (Phi) is 8.49. The summed E-state index contributed by atoms with van der Waals surface area (Å²) in [6.45, 7) is 0. The molecule has 0 unspecified atom stereocenters. The highest BCUT2D eigenvalue weighted by molar-refractivity contribution is 4.91. The minimum atomic E-state index is -6.44. The molecular weight excluding hydrogens is 434 g/mol. The lowest BCUT2D eigenvalue weighted by Gasteiger charge is -2.28. The van der Waals surface area contributed by atoms with Crippen molar-refractivity contribution >= 4 is 0 Å². The van der Waals surface area contributed by atoms with Crippen LogP contribution in [-0.2, 0) is 0 Å². The van der Waals surface area contributed by atoms with Crippen LogP contribution in [0.1, 0.15) is 51.4 Å². The Morgan fingerprint density at radius 3 is 0.750 bits per heavy atom. The summed E-state index contributed by atoms with van der Waals surface area (Å²) < 4.78 is 173. The molecule has 0 saturated heterocycles. The summed E-state index contributed by atoms with van der Waals surface area (Å²) in [7, 11) is 0. The fourth-order valence-electron chi connectivity index (χ4n) is 2.13. The molecule has 0 aliphatic rings. The quantitative estimate of drug-likeness (QED) is 0.223. The van der Waals surface area contributed by atoms with Gasteiger partial charge >= 0.3 is 36.0 Å². The minimum Gasteiger partial charge on any atom is -0.200 e. The molecule has 0 nitrogen and oxygen atoms in total. The van der Waals surface area contributed by atoms with Gasteiger partial charge in [-0.1, -0.05) is 25.7 Å². The summed E-state index contributed by atoms with van der Waals surface area (Å²) in [5.74, 6) is -23.2. The lowest BCUT2D eigenvalue weighted by molar-refractivity contribution is -0.356. The van der Waals surface area contributed by atoms with E-state index in [4.69, 9.17) is 0 Å². The number of rotatable bonds is 11. The Bertz CT molecular complexity index is 429. The molecule has 0 atom stereocenters. The molecule has 0 spiro atoms. The maximum Gasteiger partial charge on any atom is 0.459 e. The van der Waals surface area contributed by atoms with Gasteiger partial charge in [0.25, 0.3) is 0 Å². The predicted molar refractivity (Wildman–Crippen MR) is 68.8 cm³/mol. The van der Waals surface area contributed by atoms with Crippen LogP contribution in [0.2, 0.25) is 0 Å². The summed E-state index contributed by atoms with van der Waals surface area (Å²) in [6, 6.07) is 0. The molecule has 0 aliphatic carbocycles. The molecule has 0 aromatic rings. The number of hydrogen-bond donors (Lipinski definition) is 0. The van der Waals surface area contributed by atoms with E-state index in [9.17, 15) is 61.5 Å². The van der Waals surface area contributed by atoms with Gasteiger partial charge in [0.05, 0.1) is 0 Å². The van der Waals surface area contributed by atoms with Gasteiger partial charge in [-0.2, -0.15) is 61.5 Å². The van der Waals surface area contributed by atoms with Crippen molar-refractivity contribution in [3.05, 3.63) is 0 Å². The molecule has 0 fully saturated rings. The maximum atomic E-state index is 13.0. The summed E-state index contributed by atoms with van der Waals surface area (Å²) in [6.07, 6.45) is -18.8. The summed E-state index contributed by atoms with van der Waals surface area (Å²) in [5, 5.41) is 0. The minimum absolute atomic E-state index is 0.102. The molecule has 170 valence electrons. The van der Waals surface area contributed by atoms with Gasteiger partial charge in [-0.25, -0.2) is 0 Å². The molecule has 0 radical (unpaired) electrons. The predicted octanol–water partition coefficient (Wildman–Crippen LogP) is 7.77. The van der Waals surface area contributed by atoms with Crippen molar-refractivity contribution in [1.29, 1.82) is 0 Å². The van der Waals surface area contributed by atoms with Crippen LogP contribution in [0, 0.1) is 0 Å². The Hall–Kier alpha value is -0.980. The van der Waals surface area contributed by atoms with Crippen LogP contribution >= 0.6 is 0 Å². The Morgan fingerprint density at radius 2 is 0.536 bits per heavy atom. The van der Waals surface area contributed by atoms with Crippen molar-refractivity contribution in [3.63, 3.8) is 0 Å². The lowest BCUT2D eigenvalue weighted by atomic mass is 10.00. The molecular formula is C14H16F14. The Morgan fingerprint density at radius 1 is 0.321 bits per heavy atom. The highest BCUT2D eigenvalue weighted by Gasteiger charge is 2.73. The first-order chi connectivity index (χ1) is 12.2. The zero-order valence-electron chi connectivity index (χ0n) is 13.9. The first-order valence-corrected chi connectivity index (χ1v) is 7.85. The van der Waals surface area contributed by atoms with Gasteiger partial charge < -0.3 is 0 Å². The second-order valence-corrected chi connectivity index (χ2v) is 6.17. The number of alkyl halides is 14.